The summed E-state index contributed by atoms with van der Waals surface area (Å²) in [5.74, 6) is 2.39. The Kier molecular flexibility index (Phi) is 5.57. The number of fused-ring (bicyclic) bond motifs is 2. The van der Waals surface area contributed by atoms with Crippen LogP contribution in [0.4, 0.5) is 0 Å². The van der Waals surface area contributed by atoms with Crippen molar-refractivity contribution in [2.75, 3.05) is 33.0 Å². The predicted octanol–water partition coefficient (Wildman–Crippen LogP) is 4.26. The van der Waals surface area contributed by atoms with Crippen molar-refractivity contribution in [1.29, 1.82) is 0 Å². The number of H-pyrrole nitrogens is 1. The van der Waals surface area contributed by atoms with Crippen molar-refractivity contribution in [3.8, 4) is 22.6 Å². The number of aromatic amines is 1. The molecule has 2 aliphatic heterocycles. The molecule has 2 aromatic heterocycles. The number of piperazine rings is 1. The summed E-state index contributed by atoms with van der Waals surface area (Å²) >= 11 is 1.53. The van der Waals surface area contributed by atoms with E-state index < -0.39 is 0 Å². The summed E-state index contributed by atoms with van der Waals surface area (Å²) in [6.45, 7) is 7.09. The quantitative estimate of drug-likeness (QED) is 0.466. The minimum absolute atomic E-state index is 0.0482. The Morgan fingerprint density at radius 2 is 1.85 bits per heavy atom. The van der Waals surface area contributed by atoms with E-state index in [-0.39, 0.29) is 11.6 Å². The Hall–Kier alpha value is -3.20. The smallest absolute Gasteiger partial charge is 0.260 e. The molecule has 1 N–H and O–H groups in total. The van der Waals surface area contributed by atoms with Gasteiger partial charge in [0, 0.05) is 43.7 Å². The third-order valence-electron chi connectivity index (χ3n) is 6.74. The minimum atomic E-state index is -0.0617. The molecule has 6 rings (SSSR count). The zero-order chi connectivity index (χ0) is 23.1. The van der Waals surface area contributed by atoms with Gasteiger partial charge >= 0.3 is 0 Å². The summed E-state index contributed by atoms with van der Waals surface area (Å²) in [6.07, 6.45) is 0. The van der Waals surface area contributed by atoms with Gasteiger partial charge in [0.1, 0.15) is 10.7 Å². The largest absolute Gasteiger partial charge is 0.454 e. The molecule has 34 heavy (non-hydrogen) atoms. The highest BCUT2D eigenvalue weighted by Crippen LogP contribution is 2.33. The average Bonchev–Trinajstić information content (AvgIpc) is 3.52. The Morgan fingerprint density at radius 3 is 2.68 bits per heavy atom. The van der Waals surface area contributed by atoms with Crippen LogP contribution in [-0.2, 0) is 6.54 Å². The molecule has 4 heterocycles. The molecule has 0 aliphatic carbocycles. The SMILES string of the molecule is C[C@@H](c1nc2scc(-c3ccccc3)c2c(=O)[nH]1)N1CCN(Cc2ccc3c(c2)OCO3)CC1. The van der Waals surface area contributed by atoms with Crippen LogP contribution >= 0.6 is 11.3 Å². The first-order chi connectivity index (χ1) is 16.7. The fourth-order valence-electron chi connectivity index (χ4n) is 4.77. The first-order valence-corrected chi connectivity index (χ1v) is 12.5. The summed E-state index contributed by atoms with van der Waals surface area (Å²) < 4.78 is 10.9. The van der Waals surface area contributed by atoms with Crippen molar-refractivity contribution >= 4 is 21.6 Å². The molecular formula is C26H26N4O3S. The molecule has 174 valence electrons. The van der Waals surface area contributed by atoms with Gasteiger partial charge in [-0.05, 0) is 30.2 Å². The first-order valence-electron chi connectivity index (χ1n) is 11.6. The number of hydrogen-bond acceptors (Lipinski definition) is 7. The van der Waals surface area contributed by atoms with Crippen molar-refractivity contribution in [1.82, 2.24) is 19.8 Å². The molecule has 0 unspecified atom stereocenters. The molecule has 2 aliphatic rings. The molecule has 4 aromatic rings. The summed E-state index contributed by atoms with van der Waals surface area (Å²) in [5, 5.41) is 2.71. The standard InChI is InChI=1S/C26H26N4O3S/c1-17(24-27-25(31)23-20(15-34-26(23)28-24)19-5-3-2-4-6-19)30-11-9-29(10-12-30)14-18-7-8-21-22(13-18)33-16-32-21/h2-8,13,15,17H,9-12,14,16H2,1H3,(H,27,28,31)/t17-/m0/s1. The lowest BCUT2D eigenvalue weighted by Gasteiger charge is -2.37. The molecule has 0 radical (unpaired) electrons. The molecule has 8 heteroatoms. The lowest BCUT2D eigenvalue weighted by molar-refractivity contribution is 0.0948. The van der Waals surface area contributed by atoms with E-state index in [1.165, 1.54) is 16.9 Å². The van der Waals surface area contributed by atoms with Crippen LogP contribution in [0.5, 0.6) is 11.5 Å². The maximum Gasteiger partial charge on any atom is 0.260 e. The van der Waals surface area contributed by atoms with Gasteiger partial charge < -0.3 is 14.5 Å². The van der Waals surface area contributed by atoms with Gasteiger partial charge in [-0.1, -0.05) is 36.4 Å². The van der Waals surface area contributed by atoms with E-state index >= 15 is 0 Å². The van der Waals surface area contributed by atoms with Crippen LogP contribution in [0.1, 0.15) is 24.4 Å². The van der Waals surface area contributed by atoms with Gasteiger partial charge in [0.2, 0.25) is 6.79 Å². The zero-order valence-corrected chi connectivity index (χ0v) is 19.8. The van der Waals surface area contributed by atoms with Crippen LogP contribution in [0, 0.1) is 0 Å². The number of hydrogen-bond donors (Lipinski definition) is 1. The molecule has 0 spiro atoms. The number of thiophene rings is 1. The third kappa shape index (κ3) is 3.98. The van der Waals surface area contributed by atoms with Crippen molar-refractivity contribution < 1.29 is 9.47 Å². The second-order valence-electron chi connectivity index (χ2n) is 8.82. The summed E-state index contributed by atoms with van der Waals surface area (Å²) in [6, 6.07) is 16.2. The second-order valence-corrected chi connectivity index (χ2v) is 9.68. The lowest BCUT2D eigenvalue weighted by Crippen LogP contribution is -2.47. The van der Waals surface area contributed by atoms with E-state index in [1.807, 2.05) is 41.8 Å². The van der Waals surface area contributed by atoms with Crippen molar-refractivity contribution in [2.45, 2.75) is 19.5 Å². The van der Waals surface area contributed by atoms with Gasteiger partial charge in [0.25, 0.3) is 5.56 Å². The van der Waals surface area contributed by atoms with E-state index in [9.17, 15) is 4.79 Å². The number of ether oxygens (including phenoxy) is 2. The number of aromatic nitrogens is 2. The third-order valence-corrected chi connectivity index (χ3v) is 7.61. The maximum atomic E-state index is 13.0. The van der Waals surface area contributed by atoms with Crippen LogP contribution in [-0.4, -0.2) is 52.7 Å². The van der Waals surface area contributed by atoms with E-state index in [0.717, 1.165) is 66.0 Å². The van der Waals surface area contributed by atoms with Gasteiger partial charge in [-0.15, -0.1) is 11.3 Å². The lowest BCUT2D eigenvalue weighted by atomic mass is 10.1. The van der Waals surface area contributed by atoms with E-state index in [0.29, 0.717) is 12.2 Å². The van der Waals surface area contributed by atoms with Gasteiger partial charge in [-0.3, -0.25) is 14.6 Å². The number of nitrogens with zero attached hydrogens (tertiary/aromatic N) is 3. The summed E-state index contributed by atoms with van der Waals surface area (Å²) in [4.78, 5) is 26.6. The number of nitrogens with one attached hydrogen (secondary N) is 1. The van der Waals surface area contributed by atoms with Crippen LogP contribution in [0.15, 0.2) is 58.7 Å². The fourth-order valence-corrected chi connectivity index (χ4v) is 5.73. The molecule has 2 aromatic carbocycles. The highest BCUT2D eigenvalue weighted by atomic mass is 32.1. The van der Waals surface area contributed by atoms with Gasteiger partial charge in [0.05, 0.1) is 11.4 Å². The first kappa shape index (κ1) is 21.3. The molecule has 0 saturated carbocycles. The fraction of sp³-hybridized carbons (Fsp3) is 0.308. The van der Waals surface area contributed by atoms with Crippen molar-refractivity contribution in [3.63, 3.8) is 0 Å². The van der Waals surface area contributed by atoms with E-state index in [1.54, 1.807) is 0 Å². The Balaban J connectivity index is 1.14. The van der Waals surface area contributed by atoms with E-state index in [2.05, 4.69) is 33.8 Å². The molecule has 1 saturated heterocycles. The second kappa shape index (κ2) is 8.87. The normalized spacial score (nSPS) is 17.3. The Bertz CT molecular complexity index is 1380. The number of benzene rings is 2. The summed E-state index contributed by atoms with van der Waals surface area (Å²) in [5.41, 5.74) is 3.16. The highest BCUT2D eigenvalue weighted by Gasteiger charge is 2.25. The predicted molar refractivity (Wildman–Crippen MR) is 134 cm³/mol. The number of rotatable bonds is 5. The Morgan fingerprint density at radius 1 is 1.06 bits per heavy atom. The molecule has 0 amide bonds. The van der Waals surface area contributed by atoms with Crippen LogP contribution in [0.3, 0.4) is 0 Å². The molecule has 1 fully saturated rings. The monoisotopic (exact) mass is 474 g/mol. The van der Waals surface area contributed by atoms with Crippen LogP contribution in [0.2, 0.25) is 0 Å². The molecule has 1 atom stereocenters. The Labute approximate surface area is 201 Å². The highest BCUT2D eigenvalue weighted by molar-refractivity contribution is 7.17. The topological polar surface area (TPSA) is 70.7 Å². The average molecular weight is 475 g/mol. The van der Waals surface area contributed by atoms with Gasteiger partial charge in [0.15, 0.2) is 11.5 Å². The summed E-state index contributed by atoms with van der Waals surface area (Å²) in [7, 11) is 0. The van der Waals surface area contributed by atoms with Crippen molar-refractivity contribution in [2.24, 2.45) is 0 Å². The van der Waals surface area contributed by atoms with Crippen LogP contribution < -0.4 is 15.0 Å². The van der Waals surface area contributed by atoms with Gasteiger partial charge in [-0.2, -0.15) is 0 Å². The minimum Gasteiger partial charge on any atom is -0.454 e. The molecular weight excluding hydrogens is 448 g/mol. The van der Waals surface area contributed by atoms with E-state index in [4.69, 9.17) is 14.5 Å². The van der Waals surface area contributed by atoms with Crippen molar-refractivity contribution in [3.05, 3.63) is 75.7 Å². The molecule has 7 nitrogen and oxygen atoms in total. The van der Waals surface area contributed by atoms with Gasteiger partial charge in [-0.25, -0.2) is 4.98 Å². The zero-order valence-electron chi connectivity index (χ0n) is 19.0. The maximum absolute atomic E-state index is 13.0. The van der Waals surface area contributed by atoms with Crippen LogP contribution in [0.25, 0.3) is 21.3 Å². The molecule has 0 bridgehead atoms.